The van der Waals surface area contributed by atoms with E-state index in [1.54, 1.807) is 28.5 Å². The molecular weight excluding hydrogens is 372 g/mol. The highest BCUT2D eigenvalue weighted by Gasteiger charge is 2.18. The number of aromatic hydroxyl groups is 1. The van der Waals surface area contributed by atoms with E-state index in [0.717, 1.165) is 16.8 Å². The number of aromatic nitrogens is 1. The van der Waals surface area contributed by atoms with Gasteiger partial charge >= 0.3 is 0 Å². The topological polar surface area (TPSA) is 70.5 Å². The summed E-state index contributed by atoms with van der Waals surface area (Å²) >= 11 is 1.33. The molecule has 3 rings (SSSR count). The Labute approximate surface area is 167 Å². The minimum absolute atomic E-state index is 0.0423. The summed E-state index contributed by atoms with van der Waals surface area (Å²) in [5.41, 5.74) is 3.99. The maximum atomic E-state index is 12.2. The Morgan fingerprint density at radius 3 is 2.57 bits per heavy atom. The Morgan fingerprint density at radius 1 is 1.11 bits per heavy atom. The first-order chi connectivity index (χ1) is 13.3. The molecule has 0 aliphatic carbocycles. The van der Waals surface area contributed by atoms with Gasteiger partial charge in [-0.05, 0) is 61.4 Å². The molecule has 0 saturated carbocycles. The number of aryl methyl sites for hydroxylation is 2. The van der Waals surface area contributed by atoms with E-state index in [4.69, 9.17) is 0 Å². The average Bonchev–Trinajstić information content (AvgIpc) is 3.11. The van der Waals surface area contributed by atoms with Crippen molar-refractivity contribution in [1.82, 2.24) is 4.98 Å². The number of carbonyl (C=O) groups is 2. The van der Waals surface area contributed by atoms with Gasteiger partial charge in [0.25, 0.3) is 0 Å². The maximum absolute atomic E-state index is 12.2. The highest BCUT2D eigenvalue weighted by atomic mass is 32.1. The van der Waals surface area contributed by atoms with Gasteiger partial charge in [-0.2, -0.15) is 0 Å². The minimum Gasteiger partial charge on any atom is -0.508 e. The molecule has 142 valence electrons. The first-order valence-electron chi connectivity index (χ1n) is 8.70. The van der Waals surface area contributed by atoms with Crippen molar-refractivity contribution >= 4 is 39.9 Å². The van der Waals surface area contributed by atoms with Crippen LogP contribution < -0.4 is 4.90 Å². The van der Waals surface area contributed by atoms with E-state index in [1.807, 2.05) is 32.0 Å². The van der Waals surface area contributed by atoms with Gasteiger partial charge in [-0.25, -0.2) is 4.98 Å². The number of thiazole rings is 1. The van der Waals surface area contributed by atoms with Gasteiger partial charge in [-0.15, -0.1) is 11.3 Å². The zero-order valence-corrected chi connectivity index (χ0v) is 16.7. The van der Waals surface area contributed by atoms with Crippen molar-refractivity contribution in [3.8, 4) is 5.75 Å². The lowest BCUT2D eigenvalue weighted by Gasteiger charge is -2.19. The summed E-state index contributed by atoms with van der Waals surface area (Å²) in [5, 5.41) is 11.8. The fraction of sp³-hybridized carbons (Fsp3) is 0.136. The van der Waals surface area contributed by atoms with E-state index < -0.39 is 0 Å². The zero-order chi connectivity index (χ0) is 20.3. The largest absolute Gasteiger partial charge is 0.508 e. The van der Waals surface area contributed by atoms with Crippen LogP contribution >= 0.6 is 11.3 Å². The molecule has 3 aromatic rings. The van der Waals surface area contributed by atoms with Crippen LogP contribution in [0.1, 0.15) is 34.1 Å². The van der Waals surface area contributed by atoms with Crippen LogP contribution in [0, 0.1) is 13.8 Å². The number of allylic oxidation sites excluding steroid dienone is 1. The van der Waals surface area contributed by atoms with Crippen LogP contribution in [-0.2, 0) is 4.79 Å². The lowest BCUT2D eigenvalue weighted by molar-refractivity contribution is -0.115. The van der Waals surface area contributed by atoms with Gasteiger partial charge in [0, 0.05) is 17.9 Å². The van der Waals surface area contributed by atoms with Crippen molar-refractivity contribution in [2.24, 2.45) is 0 Å². The van der Waals surface area contributed by atoms with Crippen LogP contribution in [0.3, 0.4) is 0 Å². The van der Waals surface area contributed by atoms with E-state index >= 15 is 0 Å². The predicted molar refractivity (Wildman–Crippen MR) is 112 cm³/mol. The molecule has 0 aliphatic rings. The SMILES string of the molecule is CC(=O)N(c1ccc(C)c(C)c1)c1nc(C=CC(=O)c2cccc(O)c2)cs1. The van der Waals surface area contributed by atoms with Crippen molar-refractivity contribution in [2.75, 3.05) is 4.90 Å². The molecule has 1 amide bonds. The Hall–Kier alpha value is -3.25. The Kier molecular flexibility index (Phi) is 5.70. The summed E-state index contributed by atoms with van der Waals surface area (Å²) < 4.78 is 0. The summed E-state index contributed by atoms with van der Waals surface area (Å²) in [7, 11) is 0. The molecule has 0 radical (unpaired) electrons. The summed E-state index contributed by atoms with van der Waals surface area (Å²) in [6.07, 6.45) is 3.01. The number of rotatable bonds is 5. The second-order valence-corrected chi connectivity index (χ2v) is 7.26. The number of ketones is 1. The molecule has 0 atom stereocenters. The predicted octanol–water partition coefficient (Wildman–Crippen LogP) is 5.05. The van der Waals surface area contributed by atoms with Gasteiger partial charge in [0.15, 0.2) is 10.9 Å². The first-order valence-corrected chi connectivity index (χ1v) is 9.58. The maximum Gasteiger partial charge on any atom is 0.230 e. The van der Waals surface area contributed by atoms with Crippen LogP contribution in [-0.4, -0.2) is 21.8 Å². The molecule has 6 heteroatoms. The number of hydrogen-bond acceptors (Lipinski definition) is 5. The third-order valence-electron chi connectivity index (χ3n) is 4.30. The zero-order valence-electron chi connectivity index (χ0n) is 15.8. The molecule has 28 heavy (non-hydrogen) atoms. The van der Waals surface area contributed by atoms with E-state index in [9.17, 15) is 14.7 Å². The Balaban J connectivity index is 1.84. The molecule has 1 N–H and O–H groups in total. The van der Waals surface area contributed by atoms with Crippen LogP contribution in [0.25, 0.3) is 6.08 Å². The summed E-state index contributed by atoms with van der Waals surface area (Å²) in [6.45, 7) is 5.52. The van der Waals surface area contributed by atoms with E-state index in [2.05, 4.69) is 4.98 Å². The number of phenols is 1. The Bertz CT molecular complexity index is 1070. The number of carbonyl (C=O) groups excluding carboxylic acids is 2. The highest BCUT2D eigenvalue weighted by molar-refractivity contribution is 7.14. The molecule has 1 heterocycles. The second kappa shape index (κ2) is 8.19. The van der Waals surface area contributed by atoms with E-state index in [0.29, 0.717) is 16.4 Å². The van der Waals surface area contributed by atoms with Crippen molar-refractivity contribution in [3.05, 3.63) is 76.3 Å². The van der Waals surface area contributed by atoms with E-state index in [1.165, 1.54) is 36.5 Å². The van der Waals surface area contributed by atoms with E-state index in [-0.39, 0.29) is 17.4 Å². The molecule has 0 bridgehead atoms. The fourth-order valence-electron chi connectivity index (χ4n) is 2.66. The summed E-state index contributed by atoms with van der Waals surface area (Å²) in [6, 6.07) is 12.0. The fourth-order valence-corrected chi connectivity index (χ4v) is 3.52. The minimum atomic E-state index is -0.233. The van der Waals surface area contributed by atoms with Crippen LogP contribution in [0.2, 0.25) is 0 Å². The summed E-state index contributed by atoms with van der Waals surface area (Å²) in [4.78, 5) is 30.5. The van der Waals surface area contributed by atoms with Gasteiger partial charge in [0.05, 0.1) is 11.4 Å². The average molecular weight is 392 g/mol. The van der Waals surface area contributed by atoms with Crippen molar-refractivity contribution in [2.45, 2.75) is 20.8 Å². The molecule has 0 saturated heterocycles. The smallest absolute Gasteiger partial charge is 0.230 e. The number of nitrogens with zero attached hydrogens (tertiary/aromatic N) is 2. The van der Waals surface area contributed by atoms with Crippen LogP contribution in [0.15, 0.2) is 53.9 Å². The molecule has 2 aromatic carbocycles. The van der Waals surface area contributed by atoms with Gasteiger partial charge in [-0.1, -0.05) is 18.2 Å². The number of amides is 1. The van der Waals surface area contributed by atoms with Gasteiger partial charge < -0.3 is 5.11 Å². The lowest BCUT2D eigenvalue weighted by atomic mass is 10.1. The Morgan fingerprint density at radius 2 is 1.89 bits per heavy atom. The molecule has 0 unspecified atom stereocenters. The normalized spacial score (nSPS) is 11.0. The monoisotopic (exact) mass is 392 g/mol. The van der Waals surface area contributed by atoms with Crippen molar-refractivity contribution in [1.29, 1.82) is 0 Å². The molecule has 1 aromatic heterocycles. The van der Waals surface area contributed by atoms with Gasteiger partial charge in [0.1, 0.15) is 5.75 Å². The summed E-state index contributed by atoms with van der Waals surface area (Å²) in [5.74, 6) is -0.326. The quantitative estimate of drug-likeness (QED) is 0.487. The van der Waals surface area contributed by atoms with Crippen molar-refractivity contribution < 1.29 is 14.7 Å². The number of hydrogen-bond donors (Lipinski definition) is 1. The first kappa shape index (κ1) is 19.5. The van der Waals surface area contributed by atoms with Crippen LogP contribution in [0.4, 0.5) is 10.8 Å². The van der Waals surface area contributed by atoms with Gasteiger partial charge in [0.2, 0.25) is 5.91 Å². The third-order valence-corrected chi connectivity index (χ3v) is 5.14. The molecule has 0 spiro atoms. The highest BCUT2D eigenvalue weighted by Crippen LogP contribution is 2.30. The molecule has 0 aliphatic heterocycles. The third kappa shape index (κ3) is 4.35. The van der Waals surface area contributed by atoms with Crippen molar-refractivity contribution in [3.63, 3.8) is 0 Å². The number of phenolic OH excluding ortho intramolecular Hbond substituents is 1. The lowest BCUT2D eigenvalue weighted by Crippen LogP contribution is -2.22. The second-order valence-electron chi connectivity index (χ2n) is 6.43. The molecule has 5 nitrogen and oxygen atoms in total. The standard InChI is InChI=1S/C22H20N2O3S/c1-14-7-9-19(11-15(14)2)24(16(3)25)22-23-18(13-28-22)8-10-21(27)17-5-4-6-20(26)12-17/h4-13,26H,1-3H3. The van der Waals surface area contributed by atoms with Gasteiger partial charge in [-0.3, -0.25) is 14.5 Å². The molecule has 0 fully saturated rings. The number of anilines is 2. The van der Waals surface area contributed by atoms with Crippen LogP contribution in [0.5, 0.6) is 5.75 Å². The number of benzene rings is 2. The molecular formula is C22H20N2O3S.